The summed E-state index contributed by atoms with van der Waals surface area (Å²) in [5.41, 5.74) is 0.840. The van der Waals surface area contributed by atoms with Gasteiger partial charge >= 0.3 is 6.09 Å². The molecular weight excluding hydrogens is 334 g/mol. The van der Waals surface area contributed by atoms with Gasteiger partial charge in [-0.3, -0.25) is 0 Å². The lowest BCUT2D eigenvalue weighted by Crippen LogP contribution is -2.58. The van der Waals surface area contributed by atoms with Gasteiger partial charge in [0.15, 0.2) is 0 Å². The van der Waals surface area contributed by atoms with Gasteiger partial charge in [-0.2, -0.15) is 0 Å². The summed E-state index contributed by atoms with van der Waals surface area (Å²) >= 11 is 1.82. The van der Waals surface area contributed by atoms with E-state index in [9.17, 15) is 4.79 Å². The number of ether oxygens (including phenoxy) is 1. The van der Waals surface area contributed by atoms with E-state index in [2.05, 4.69) is 30.9 Å². The highest BCUT2D eigenvalue weighted by Crippen LogP contribution is 2.37. The molecule has 1 aromatic heterocycles. The van der Waals surface area contributed by atoms with E-state index in [1.807, 2.05) is 37.4 Å². The number of piperazine rings is 1. The second-order valence-corrected chi connectivity index (χ2v) is 9.10. The van der Waals surface area contributed by atoms with Crippen molar-refractivity contribution in [1.82, 2.24) is 9.88 Å². The maximum absolute atomic E-state index is 12.5. The van der Waals surface area contributed by atoms with E-state index in [4.69, 9.17) is 9.72 Å². The number of nitrogens with zero attached hydrogens (tertiary/aromatic N) is 3. The van der Waals surface area contributed by atoms with Gasteiger partial charge in [0.2, 0.25) is 0 Å². The number of rotatable bonds is 3. The normalized spacial score (nSPS) is 22.6. The number of carbonyl (C=O) groups excluding carboxylic acids is 1. The quantitative estimate of drug-likeness (QED) is 0.761. The average Bonchev–Trinajstić information content (AvgIpc) is 2.89. The molecule has 0 N–H and O–H groups in total. The molecule has 0 aromatic carbocycles. The number of amides is 1. The summed E-state index contributed by atoms with van der Waals surface area (Å²) in [6, 6.07) is 4.88. The summed E-state index contributed by atoms with van der Waals surface area (Å²) in [7, 11) is 0. The van der Waals surface area contributed by atoms with E-state index in [-0.39, 0.29) is 12.1 Å². The van der Waals surface area contributed by atoms with Crippen LogP contribution in [0, 0.1) is 0 Å². The van der Waals surface area contributed by atoms with Crippen molar-refractivity contribution in [3.05, 3.63) is 17.7 Å². The van der Waals surface area contributed by atoms with Gasteiger partial charge in [0.25, 0.3) is 0 Å². The number of pyridine rings is 1. The van der Waals surface area contributed by atoms with Crippen LogP contribution in [0.3, 0.4) is 0 Å². The smallest absolute Gasteiger partial charge is 0.410 e. The fourth-order valence-electron chi connectivity index (χ4n) is 3.59. The number of hydrogen-bond acceptors (Lipinski definition) is 5. The van der Waals surface area contributed by atoms with Crippen LogP contribution in [0.5, 0.6) is 0 Å². The van der Waals surface area contributed by atoms with Crippen molar-refractivity contribution in [2.24, 2.45) is 0 Å². The molecule has 1 amide bonds. The van der Waals surface area contributed by atoms with Crippen LogP contribution in [0.1, 0.15) is 46.6 Å². The van der Waals surface area contributed by atoms with Gasteiger partial charge in [-0.25, -0.2) is 9.78 Å². The fraction of sp³-hybridized carbons (Fsp3) is 0.684. The van der Waals surface area contributed by atoms with Gasteiger partial charge < -0.3 is 14.5 Å². The average molecular weight is 364 g/mol. The molecule has 0 radical (unpaired) electrons. The van der Waals surface area contributed by atoms with Crippen molar-refractivity contribution >= 4 is 23.7 Å². The van der Waals surface area contributed by atoms with Gasteiger partial charge in [0, 0.05) is 19.1 Å². The molecule has 2 aliphatic rings. The minimum Gasteiger partial charge on any atom is -0.444 e. The lowest BCUT2D eigenvalue weighted by molar-refractivity contribution is 0.0191. The topological polar surface area (TPSA) is 45.7 Å². The lowest BCUT2D eigenvalue weighted by atomic mass is 10.1. The van der Waals surface area contributed by atoms with Crippen LogP contribution in [0.15, 0.2) is 17.2 Å². The molecule has 2 atom stereocenters. The molecule has 3 rings (SSSR count). The molecule has 25 heavy (non-hydrogen) atoms. The molecule has 3 heterocycles. The van der Waals surface area contributed by atoms with E-state index in [1.54, 1.807) is 0 Å². The Bertz CT molecular complexity index is 644. The molecule has 5 nitrogen and oxygen atoms in total. The van der Waals surface area contributed by atoms with Crippen LogP contribution in [0.4, 0.5) is 10.6 Å². The second-order valence-electron chi connectivity index (χ2n) is 7.98. The van der Waals surface area contributed by atoms with Crippen molar-refractivity contribution in [2.75, 3.05) is 23.7 Å². The number of hydrogen-bond donors (Lipinski definition) is 0. The number of carbonyl (C=O) groups is 1. The summed E-state index contributed by atoms with van der Waals surface area (Å²) in [4.78, 5) is 21.6. The highest BCUT2D eigenvalue weighted by molar-refractivity contribution is 7.99. The summed E-state index contributed by atoms with van der Waals surface area (Å²) < 4.78 is 5.56. The van der Waals surface area contributed by atoms with Crippen LogP contribution in [-0.2, 0) is 11.2 Å². The molecule has 6 heteroatoms. The number of thioether (sulfide) groups is 1. The predicted octanol–water partition coefficient (Wildman–Crippen LogP) is 3.95. The molecule has 0 spiro atoms. The van der Waals surface area contributed by atoms with E-state index in [1.165, 1.54) is 5.56 Å². The van der Waals surface area contributed by atoms with Crippen LogP contribution in [0.25, 0.3) is 0 Å². The second kappa shape index (κ2) is 7.06. The Morgan fingerprint density at radius 1 is 1.36 bits per heavy atom. The molecule has 0 aliphatic carbocycles. The van der Waals surface area contributed by atoms with Gasteiger partial charge in [0.1, 0.15) is 11.4 Å². The first-order chi connectivity index (χ1) is 11.8. The van der Waals surface area contributed by atoms with Gasteiger partial charge in [0.05, 0.1) is 11.1 Å². The number of fused-ring (bicyclic) bond motifs is 3. The zero-order valence-electron chi connectivity index (χ0n) is 15.9. The molecule has 1 fully saturated rings. The Hall–Kier alpha value is -1.43. The van der Waals surface area contributed by atoms with Crippen molar-refractivity contribution in [1.29, 1.82) is 0 Å². The standard InChI is InChI=1S/C19H29N3O2S/c1-6-9-25-16-8-7-14-10-15-12-21(18(23)24-19(3,4)5)11-13(2)22(15)17(14)20-16/h7-8,13,15H,6,9-12H2,1-5H3. The molecule has 138 valence electrons. The van der Waals surface area contributed by atoms with Crippen molar-refractivity contribution in [2.45, 2.75) is 70.2 Å². The van der Waals surface area contributed by atoms with E-state index in [0.717, 1.165) is 29.4 Å². The Balaban J connectivity index is 1.74. The summed E-state index contributed by atoms with van der Waals surface area (Å²) in [6.07, 6.45) is 1.89. The Labute approximate surface area is 155 Å². The first-order valence-electron chi connectivity index (χ1n) is 9.17. The monoisotopic (exact) mass is 363 g/mol. The Morgan fingerprint density at radius 2 is 2.12 bits per heavy atom. The van der Waals surface area contributed by atoms with Gasteiger partial charge in [-0.05, 0) is 57.9 Å². The fourth-order valence-corrected chi connectivity index (χ4v) is 4.32. The van der Waals surface area contributed by atoms with E-state index >= 15 is 0 Å². The molecule has 2 unspecified atom stereocenters. The van der Waals surface area contributed by atoms with Crippen LogP contribution < -0.4 is 4.90 Å². The predicted molar refractivity (Wildman–Crippen MR) is 102 cm³/mol. The zero-order valence-corrected chi connectivity index (χ0v) is 16.7. The van der Waals surface area contributed by atoms with Crippen molar-refractivity contribution in [3.63, 3.8) is 0 Å². The minimum absolute atomic E-state index is 0.206. The first kappa shape index (κ1) is 18.4. The van der Waals surface area contributed by atoms with Crippen LogP contribution in [-0.4, -0.2) is 52.5 Å². The van der Waals surface area contributed by atoms with E-state index < -0.39 is 5.60 Å². The molecule has 2 aliphatic heterocycles. The van der Waals surface area contributed by atoms with E-state index in [0.29, 0.717) is 19.1 Å². The third kappa shape index (κ3) is 4.05. The zero-order chi connectivity index (χ0) is 18.2. The molecular formula is C19H29N3O2S. The maximum Gasteiger partial charge on any atom is 0.410 e. The molecule has 0 saturated carbocycles. The molecule has 0 bridgehead atoms. The third-order valence-electron chi connectivity index (χ3n) is 4.52. The minimum atomic E-state index is -0.455. The Morgan fingerprint density at radius 3 is 2.80 bits per heavy atom. The number of aromatic nitrogens is 1. The lowest BCUT2D eigenvalue weighted by Gasteiger charge is -2.43. The Kier molecular flexibility index (Phi) is 5.19. The number of anilines is 1. The summed E-state index contributed by atoms with van der Waals surface area (Å²) in [6.45, 7) is 11.5. The van der Waals surface area contributed by atoms with Gasteiger partial charge in [-0.1, -0.05) is 13.0 Å². The summed E-state index contributed by atoms with van der Waals surface area (Å²) in [5.74, 6) is 2.21. The maximum atomic E-state index is 12.5. The van der Waals surface area contributed by atoms with Gasteiger partial charge in [-0.15, -0.1) is 11.8 Å². The highest BCUT2D eigenvalue weighted by Gasteiger charge is 2.41. The summed E-state index contributed by atoms with van der Waals surface area (Å²) in [5, 5.41) is 1.10. The highest BCUT2D eigenvalue weighted by atomic mass is 32.2. The SMILES string of the molecule is CCCSc1ccc2c(n1)N1C(C)CN(C(=O)OC(C)(C)C)CC1C2. The van der Waals surface area contributed by atoms with Crippen LogP contribution in [0.2, 0.25) is 0 Å². The van der Waals surface area contributed by atoms with Crippen LogP contribution >= 0.6 is 11.8 Å². The molecule has 1 aromatic rings. The molecule has 1 saturated heterocycles. The van der Waals surface area contributed by atoms with Crippen molar-refractivity contribution < 1.29 is 9.53 Å². The third-order valence-corrected chi connectivity index (χ3v) is 5.66. The van der Waals surface area contributed by atoms with Crippen molar-refractivity contribution in [3.8, 4) is 0 Å². The largest absolute Gasteiger partial charge is 0.444 e. The first-order valence-corrected chi connectivity index (χ1v) is 10.2.